The summed E-state index contributed by atoms with van der Waals surface area (Å²) >= 11 is 0. The molecule has 1 heterocycles. The fourth-order valence-electron chi connectivity index (χ4n) is 2.75. The molecule has 0 aliphatic carbocycles. The molecule has 0 bridgehead atoms. The monoisotopic (exact) mass is 302 g/mol. The van der Waals surface area contributed by atoms with E-state index in [0.717, 1.165) is 50.4 Å². The Morgan fingerprint density at radius 1 is 1.41 bits per heavy atom. The van der Waals surface area contributed by atoms with Crippen LogP contribution in [0.15, 0.2) is 23.2 Å². The molecule has 1 aliphatic rings. The second-order valence-corrected chi connectivity index (χ2v) is 6.01. The average molecular weight is 302 g/mol. The predicted molar refractivity (Wildman–Crippen MR) is 92.3 cm³/mol. The minimum atomic E-state index is 0.370. The third-order valence-electron chi connectivity index (χ3n) is 4.20. The van der Waals surface area contributed by atoms with Crippen LogP contribution in [-0.2, 0) is 4.79 Å². The summed E-state index contributed by atoms with van der Waals surface area (Å²) in [5.74, 6) is 0. The van der Waals surface area contributed by atoms with Crippen LogP contribution < -0.4 is 10.6 Å². The van der Waals surface area contributed by atoms with E-state index in [2.05, 4.69) is 34.8 Å². The van der Waals surface area contributed by atoms with Gasteiger partial charge in [0, 0.05) is 26.2 Å². The van der Waals surface area contributed by atoms with Gasteiger partial charge in [0.05, 0.1) is 17.6 Å². The van der Waals surface area contributed by atoms with Crippen LogP contribution in [0.4, 0.5) is 11.4 Å². The van der Waals surface area contributed by atoms with Crippen molar-refractivity contribution < 1.29 is 4.79 Å². The molecule has 120 valence electrons. The summed E-state index contributed by atoms with van der Waals surface area (Å²) < 4.78 is 0. The van der Waals surface area contributed by atoms with E-state index in [-0.39, 0.29) is 0 Å². The summed E-state index contributed by atoms with van der Waals surface area (Å²) in [6.45, 7) is 6.19. The highest BCUT2D eigenvalue weighted by atomic mass is 16.1. The molecule has 0 unspecified atom stereocenters. The SMILES string of the molecule is Cc1ccc(N=CC=O)c(N(C)CCN2CCC(N)CC2)c1. The minimum Gasteiger partial charge on any atom is -0.372 e. The molecule has 1 aromatic rings. The van der Waals surface area contributed by atoms with Crippen molar-refractivity contribution in [2.75, 3.05) is 38.1 Å². The van der Waals surface area contributed by atoms with Gasteiger partial charge in [-0.3, -0.25) is 9.79 Å². The molecule has 0 aromatic heterocycles. The summed E-state index contributed by atoms with van der Waals surface area (Å²) in [6, 6.07) is 6.46. The van der Waals surface area contributed by atoms with E-state index in [0.29, 0.717) is 12.3 Å². The maximum absolute atomic E-state index is 10.5. The molecule has 2 N–H and O–H groups in total. The van der Waals surface area contributed by atoms with Crippen LogP contribution in [0.25, 0.3) is 0 Å². The first-order valence-electron chi connectivity index (χ1n) is 7.87. The Bertz CT molecular complexity index is 521. The molecule has 1 saturated heterocycles. The normalized spacial score (nSPS) is 17.0. The number of carbonyl (C=O) groups excluding carboxylic acids is 1. The van der Waals surface area contributed by atoms with E-state index < -0.39 is 0 Å². The minimum absolute atomic E-state index is 0.370. The van der Waals surface area contributed by atoms with Crippen molar-refractivity contribution in [3.63, 3.8) is 0 Å². The molecule has 0 spiro atoms. The molecular weight excluding hydrogens is 276 g/mol. The topological polar surface area (TPSA) is 61.9 Å². The van der Waals surface area contributed by atoms with Crippen LogP contribution in [-0.4, -0.2) is 56.7 Å². The molecule has 1 fully saturated rings. The van der Waals surface area contributed by atoms with Crippen molar-refractivity contribution in [3.05, 3.63) is 23.8 Å². The number of nitrogens with two attached hydrogens (primary N) is 1. The van der Waals surface area contributed by atoms with Gasteiger partial charge < -0.3 is 15.5 Å². The smallest absolute Gasteiger partial charge is 0.161 e. The molecular formula is C17H26N4O. The number of likely N-dealkylation sites (N-methyl/N-ethyl adjacent to an activating group) is 1. The lowest BCUT2D eigenvalue weighted by molar-refractivity contribution is -0.102. The summed E-state index contributed by atoms with van der Waals surface area (Å²) in [4.78, 5) is 19.4. The quantitative estimate of drug-likeness (QED) is 0.642. The number of hydrogen-bond donors (Lipinski definition) is 1. The van der Waals surface area contributed by atoms with Gasteiger partial charge in [-0.25, -0.2) is 0 Å². The van der Waals surface area contributed by atoms with Crippen LogP contribution in [0, 0.1) is 6.92 Å². The van der Waals surface area contributed by atoms with Gasteiger partial charge in [0.15, 0.2) is 6.29 Å². The number of anilines is 1. The lowest BCUT2D eigenvalue weighted by Gasteiger charge is -2.32. The van der Waals surface area contributed by atoms with Crippen molar-refractivity contribution in [2.24, 2.45) is 10.7 Å². The van der Waals surface area contributed by atoms with Crippen molar-refractivity contribution in [1.82, 2.24) is 4.90 Å². The lowest BCUT2D eigenvalue weighted by Crippen LogP contribution is -2.42. The first-order chi connectivity index (χ1) is 10.6. The van der Waals surface area contributed by atoms with E-state index >= 15 is 0 Å². The van der Waals surface area contributed by atoms with Gasteiger partial charge in [0.1, 0.15) is 0 Å². The van der Waals surface area contributed by atoms with Gasteiger partial charge in [-0.2, -0.15) is 0 Å². The zero-order chi connectivity index (χ0) is 15.9. The highest BCUT2D eigenvalue weighted by Crippen LogP contribution is 2.28. The van der Waals surface area contributed by atoms with Gasteiger partial charge in [-0.05, 0) is 50.6 Å². The van der Waals surface area contributed by atoms with Crippen LogP contribution >= 0.6 is 0 Å². The van der Waals surface area contributed by atoms with Gasteiger partial charge in [-0.15, -0.1) is 0 Å². The van der Waals surface area contributed by atoms with Crippen molar-refractivity contribution in [3.8, 4) is 0 Å². The highest BCUT2D eigenvalue weighted by Gasteiger charge is 2.16. The van der Waals surface area contributed by atoms with Gasteiger partial charge in [-0.1, -0.05) is 6.07 Å². The Labute approximate surface area is 132 Å². The lowest BCUT2D eigenvalue weighted by atomic mass is 10.1. The number of nitrogens with zero attached hydrogens (tertiary/aromatic N) is 3. The molecule has 1 aliphatic heterocycles. The number of aryl methyl sites for hydroxylation is 1. The third kappa shape index (κ3) is 4.64. The predicted octanol–water partition coefficient (Wildman–Crippen LogP) is 1.76. The largest absolute Gasteiger partial charge is 0.372 e. The van der Waals surface area contributed by atoms with Crippen molar-refractivity contribution >= 4 is 23.9 Å². The van der Waals surface area contributed by atoms with Crippen molar-refractivity contribution in [1.29, 1.82) is 0 Å². The van der Waals surface area contributed by atoms with Crippen LogP contribution in [0.5, 0.6) is 0 Å². The van der Waals surface area contributed by atoms with Crippen LogP contribution in [0.2, 0.25) is 0 Å². The fourth-order valence-corrected chi connectivity index (χ4v) is 2.75. The molecule has 1 aromatic carbocycles. The second kappa shape index (κ2) is 8.06. The fraction of sp³-hybridized carbons (Fsp3) is 0.529. The Morgan fingerprint density at radius 3 is 2.82 bits per heavy atom. The number of rotatable bonds is 6. The highest BCUT2D eigenvalue weighted by molar-refractivity contribution is 6.14. The first-order valence-corrected chi connectivity index (χ1v) is 7.87. The maximum Gasteiger partial charge on any atom is 0.161 e. The summed E-state index contributed by atoms with van der Waals surface area (Å²) in [5.41, 5.74) is 9.03. The van der Waals surface area contributed by atoms with Gasteiger partial charge >= 0.3 is 0 Å². The zero-order valence-electron chi connectivity index (χ0n) is 13.5. The van der Waals surface area contributed by atoms with E-state index in [9.17, 15) is 4.79 Å². The van der Waals surface area contributed by atoms with Gasteiger partial charge in [0.2, 0.25) is 0 Å². The van der Waals surface area contributed by atoms with Crippen molar-refractivity contribution in [2.45, 2.75) is 25.8 Å². The number of likely N-dealkylation sites (tertiary alicyclic amines) is 1. The Hall–Kier alpha value is -1.72. The maximum atomic E-state index is 10.5. The van der Waals surface area contributed by atoms with Gasteiger partial charge in [0.25, 0.3) is 0 Å². The molecule has 5 heteroatoms. The Kier molecular flexibility index (Phi) is 6.10. The molecule has 0 atom stereocenters. The number of aliphatic imine (C=N–C) groups is 1. The summed E-state index contributed by atoms with van der Waals surface area (Å²) in [7, 11) is 2.07. The molecule has 5 nitrogen and oxygen atoms in total. The number of benzene rings is 1. The Morgan fingerprint density at radius 2 is 2.14 bits per heavy atom. The van der Waals surface area contributed by atoms with Crippen LogP contribution in [0.1, 0.15) is 18.4 Å². The summed E-state index contributed by atoms with van der Waals surface area (Å²) in [6.07, 6.45) is 4.18. The second-order valence-electron chi connectivity index (χ2n) is 6.01. The molecule has 0 radical (unpaired) electrons. The van der Waals surface area contributed by atoms with E-state index in [4.69, 9.17) is 5.73 Å². The van der Waals surface area contributed by atoms with E-state index in [1.54, 1.807) is 0 Å². The number of piperidine rings is 1. The molecule has 0 saturated carbocycles. The number of hydrogen-bond acceptors (Lipinski definition) is 5. The summed E-state index contributed by atoms with van der Waals surface area (Å²) in [5, 5.41) is 0. The number of aldehydes is 1. The van der Waals surface area contributed by atoms with E-state index in [1.807, 2.05) is 12.1 Å². The van der Waals surface area contributed by atoms with Crippen LogP contribution in [0.3, 0.4) is 0 Å². The first kappa shape index (κ1) is 16.6. The zero-order valence-corrected chi connectivity index (χ0v) is 13.5. The average Bonchev–Trinajstić information content (AvgIpc) is 2.53. The number of carbonyl (C=O) groups is 1. The molecule has 0 amide bonds. The van der Waals surface area contributed by atoms with E-state index in [1.165, 1.54) is 11.8 Å². The molecule has 2 rings (SSSR count). The Balaban J connectivity index is 1.99. The third-order valence-corrected chi connectivity index (χ3v) is 4.20. The standard InChI is InChI=1S/C17H26N4O/c1-14-3-4-16(19-7-12-22)17(13-14)20(2)10-11-21-8-5-15(18)6-9-21/h3-4,7,12-13,15H,5-6,8-11,18H2,1-2H3. The molecule has 22 heavy (non-hydrogen) atoms.